The molecule has 4 saturated heterocycles. The second-order valence-electron chi connectivity index (χ2n) is 12.5. The topological polar surface area (TPSA) is 98.8 Å². The van der Waals surface area contributed by atoms with Crippen molar-refractivity contribution in [3.05, 3.63) is 36.0 Å². The van der Waals surface area contributed by atoms with E-state index < -0.39 is 11.7 Å². The number of amides is 1. The SMILES string of the molecule is CC[C@@H]1C[C@@]2(CO2)[C@H](O)[C@@H](/C=C/C(C)=C/C[C@@H]2O[C@H](C)[C@H](NC(=O)/C=C\C(C)COC3(C)COC3)C[C@@H]2C)O1. The summed E-state index contributed by atoms with van der Waals surface area (Å²) >= 11 is 0. The van der Waals surface area contributed by atoms with Crippen molar-refractivity contribution in [2.24, 2.45) is 11.8 Å². The number of nitrogens with one attached hydrogen (secondary N) is 1. The first-order chi connectivity index (χ1) is 18.5. The molecule has 220 valence electrons. The third kappa shape index (κ3) is 8.02. The number of hydrogen-bond donors (Lipinski definition) is 2. The average Bonchev–Trinajstić information content (AvgIpc) is 3.66. The summed E-state index contributed by atoms with van der Waals surface area (Å²) < 4.78 is 29.2. The molecule has 1 spiro atoms. The normalized spacial score (nSPS) is 39.2. The van der Waals surface area contributed by atoms with Crippen LogP contribution in [0.3, 0.4) is 0 Å². The molecule has 0 bridgehead atoms. The van der Waals surface area contributed by atoms with Crippen LogP contribution in [0.5, 0.6) is 0 Å². The number of aliphatic hydroxyl groups is 1. The molecule has 4 aliphatic heterocycles. The van der Waals surface area contributed by atoms with Crippen molar-refractivity contribution < 1.29 is 33.6 Å². The van der Waals surface area contributed by atoms with Gasteiger partial charge in [0.1, 0.15) is 23.4 Å². The van der Waals surface area contributed by atoms with Crippen molar-refractivity contribution in [2.45, 2.75) is 115 Å². The van der Waals surface area contributed by atoms with Crippen molar-refractivity contribution in [3.8, 4) is 0 Å². The summed E-state index contributed by atoms with van der Waals surface area (Å²) in [5.74, 6) is 0.356. The van der Waals surface area contributed by atoms with Gasteiger partial charge in [0, 0.05) is 6.42 Å². The number of allylic oxidation sites excluding steroid dienone is 2. The highest BCUT2D eigenvalue weighted by atomic mass is 16.6. The van der Waals surface area contributed by atoms with Gasteiger partial charge in [0.25, 0.3) is 0 Å². The van der Waals surface area contributed by atoms with E-state index in [0.29, 0.717) is 32.3 Å². The molecule has 1 amide bonds. The van der Waals surface area contributed by atoms with Crippen molar-refractivity contribution >= 4 is 5.91 Å². The number of ether oxygens (including phenoxy) is 5. The number of aliphatic hydroxyl groups excluding tert-OH is 1. The molecule has 0 radical (unpaired) electrons. The molecule has 0 aromatic heterocycles. The van der Waals surface area contributed by atoms with E-state index in [1.165, 1.54) is 0 Å². The molecular weight excluding hydrogens is 498 g/mol. The van der Waals surface area contributed by atoms with E-state index in [1.807, 2.05) is 39.0 Å². The minimum Gasteiger partial charge on any atom is -0.387 e. The van der Waals surface area contributed by atoms with Gasteiger partial charge >= 0.3 is 0 Å². The summed E-state index contributed by atoms with van der Waals surface area (Å²) in [5, 5.41) is 13.8. The molecule has 8 nitrogen and oxygen atoms in total. The molecule has 4 aliphatic rings. The minimum absolute atomic E-state index is 0.0237. The predicted octanol–water partition coefficient (Wildman–Crippen LogP) is 3.87. The minimum atomic E-state index is -0.628. The van der Waals surface area contributed by atoms with Crippen LogP contribution in [0.2, 0.25) is 0 Å². The number of carbonyl (C=O) groups excluding carboxylic acids is 1. The van der Waals surface area contributed by atoms with Crippen molar-refractivity contribution in [1.82, 2.24) is 5.32 Å². The molecule has 4 heterocycles. The first-order valence-electron chi connectivity index (χ1n) is 14.7. The van der Waals surface area contributed by atoms with E-state index in [4.69, 9.17) is 23.7 Å². The number of epoxide rings is 1. The van der Waals surface area contributed by atoms with Crippen LogP contribution in [-0.2, 0) is 28.5 Å². The fourth-order valence-corrected chi connectivity index (χ4v) is 5.60. The van der Waals surface area contributed by atoms with Gasteiger partial charge in [0.15, 0.2) is 0 Å². The Morgan fingerprint density at radius 1 is 1.21 bits per heavy atom. The third-order valence-corrected chi connectivity index (χ3v) is 8.59. The predicted molar refractivity (Wildman–Crippen MR) is 149 cm³/mol. The maximum absolute atomic E-state index is 12.6. The first kappa shape index (κ1) is 30.4. The van der Waals surface area contributed by atoms with Crippen LogP contribution in [0.4, 0.5) is 0 Å². The lowest BCUT2D eigenvalue weighted by atomic mass is 9.87. The zero-order valence-corrected chi connectivity index (χ0v) is 24.6. The number of rotatable bonds is 11. The third-order valence-electron chi connectivity index (χ3n) is 8.59. The highest BCUT2D eigenvalue weighted by Crippen LogP contribution is 2.43. The summed E-state index contributed by atoms with van der Waals surface area (Å²) in [5.41, 5.74) is 0.511. The van der Waals surface area contributed by atoms with Crippen molar-refractivity contribution in [1.29, 1.82) is 0 Å². The van der Waals surface area contributed by atoms with Crippen molar-refractivity contribution in [2.75, 3.05) is 26.4 Å². The highest BCUT2D eigenvalue weighted by Gasteiger charge is 2.57. The van der Waals surface area contributed by atoms with Crippen LogP contribution in [0.25, 0.3) is 0 Å². The second-order valence-corrected chi connectivity index (χ2v) is 12.5. The summed E-state index contributed by atoms with van der Waals surface area (Å²) in [6.07, 6.45) is 12.2. The van der Waals surface area contributed by atoms with Gasteiger partial charge in [-0.25, -0.2) is 0 Å². The Labute approximate surface area is 234 Å². The van der Waals surface area contributed by atoms with Gasteiger partial charge in [-0.2, -0.15) is 0 Å². The first-order valence-corrected chi connectivity index (χ1v) is 14.7. The van der Waals surface area contributed by atoms with Gasteiger partial charge in [0.2, 0.25) is 5.91 Å². The highest BCUT2D eigenvalue weighted by molar-refractivity contribution is 5.87. The quantitative estimate of drug-likeness (QED) is 0.230. The monoisotopic (exact) mass is 547 g/mol. The lowest BCUT2D eigenvalue weighted by Gasteiger charge is -2.39. The standard InChI is InChI=1S/C31H49NO7/c1-7-24-15-31(19-37-31)29(34)27(39-24)12-9-20(2)8-11-26-22(4)14-25(23(5)38-26)32-28(33)13-10-21(3)16-36-30(6)17-35-18-30/h8-10,12-13,21-27,29,34H,7,11,14-19H2,1-6H3,(H,32,33)/b12-9+,13-10-,20-8+/t21?,22-,23+,24+,25+,26-,27+,29+,31+/m0/s1. The average molecular weight is 548 g/mol. The van der Waals surface area contributed by atoms with Gasteiger partial charge in [-0.15, -0.1) is 0 Å². The Balaban J connectivity index is 1.20. The Bertz CT molecular complexity index is 922. The van der Waals surface area contributed by atoms with E-state index in [0.717, 1.165) is 31.3 Å². The van der Waals surface area contributed by atoms with Crippen LogP contribution < -0.4 is 5.32 Å². The lowest BCUT2D eigenvalue weighted by Crippen LogP contribution is -2.50. The molecule has 2 N–H and O–H groups in total. The smallest absolute Gasteiger partial charge is 0.243 e. The summed E-state index contributed by atoms with van der Waals surface area (Å²) in [6, 6.07) is -0.0237. The Kier molecular flexibility index (Phi) is 10.1. The van der Waals surface area contributed by atoms with Crippen LogP contribution in [-0.4, -0.2) is 85.2 Å². The van der Waals surface area contributed by atoms with Crippen molar-refractivity contribution in [3.63, 3.8) is 0 Å². The van der Waals surface area contributed by atoms with Gasteiger partial charge in [-0.3, -0.25) is 4.79 Å². The van der Waals surface area contributed by atoms with Crippen LogP contribution in [0.15, 0.2) is 36.0 Å². The molecule has 8 heteroatoms. The van der Waals surface area contributed by atoms with E-state index in [-0.39, 0.29) is 47.9 Å². The molecule has 1 unspecified atom stereocenters. The van der Waals surface area contributed by atoms with Gasteiger partial charge in [-0.1, -0.05) is 50.6 Å². The van der Waals surface area contributed by atoms with Crippen LogP contribution >= 0.6 is 0 Å². The largest absolute Gasteiger partial charge is 0.387 e. The zero-order chi connectivity index (χ0) is 28.2. The zero-order valence-electron chi connectivity index (χ0n) is 24.6. The maximum Gasteiger partial charge on any atom is 0.243 e. The van der Waals surface area contributed by atoms with E-state index in [9.17, 15) is 9.90 Å². The number of hydrogen-bond acceptors (Lipinski definition) is 7. The molecule has 0 aliphatic carbocycles. The summed E-state index contributed by atoms with van der Waals surface area (Å²) in [7, 11) is 0. The fourth-order valence-electron chi connectivity index (χ4n) is 5.60. The molecule has 0 aromatic carbocycles. The lowest BCUT2D eigenvalue weighted by molar-refractivity contribution is -0.201. The second kappa shape index (κ2) is 13.0. The van der Waals surface area contributed by atoms with Gasteiger partial charge in [-0.05, 0) is 57.9 Å². The summed E-state index contributed by atoms with van der Waals surface area (Å²) in [6.45, 7) is 14.9. The fraction of sp³-hybridized carbons (Fsp3) is 0.774. The maximum atomic E-state index is 12.6. The van der Waals surface area contributed by atoms with E-state index in [2.05, 4.69) is 32.2 Å². The molecule has 0 aromatic rings. The van der Waals surface area contributed by atoms with Gasteiger partial charge in [0.05, 0.1) is 50.8 Å². The van der Waals surface area contributed by atoms with E-state index >= 15 is 0 Å². The summed E-state index contributed by atoms with van der Waals surface area (Å²) in [4.78, 5) is 12.6. The molecule has 0 saturated carbocycles. The Hall–Kier alpha value is -1.55. The Morgan fingerprint density at radius 2 is 1.95 bits per heavy atom. The van der Waals surface area contributed by atoms with E-state index in [1.54, 1.807) is 6.08 Å². The van der Waals surface area contributed by atoms with Crippen LogP contribution in [0, 0.1) is 11.8 Å². The molecule has 9 atom stereocenters. The Morgan fingerprint density at radius 3 is 2.59 bits per heavy atom. The molecule has 4 fully saturated rings. The number of carbonyl (C=O) groups is 1. The molecule has 39 heavy (non-hydrogen) atoms. The van der Waals surface area contributed by atoms with Crippen LogP contribution in [0.1, 0.15) is 67.2 Å². The molecule has 4 rings (SSSR count). The molecular formula is C31H49NO7. The van der Waals surface area contributed by atoms with Gasteiger partial charge < -0.3 is 34.1 Å².